The van der Waals surface area contributed by atoms with Crippen molar-refractivity contribution in [2.45, 2.75) is 20.4 Å². The van der Waals surface area contributed by atoms with Gasteiger partial charge in [-0.05, 0) is 18.2 Å². The summed E-state index contributed by atoms with van der Waals surface area (Å²) in [6.45, 7) is 4.23. The van der Waals surface area contributed by atoms with Crippen LogP contribution in [0.3, 0.4) is 0 Å². The van der Waals surface area contributed by atoms with Gasteiger partial charge in [0, 0.05) is 19.9 Å². The van der Waals surface area contributed by atoms with E-state index in [9.17, 15) is 4.79 Å². The van der Waals surface area contributed by atoms with Crippen LogP contribution in [0.5, 0.6) is 5.75 Å². The van der Waals surface area contributed by atoms with Gasteiger partial charge in [0.25, 0.3) is 0 Å². The van der Waals surface area contributed by atoms with Crippen molar-refractivity contribution >= 4 is 27.5 Å². The topological polar surface area (TPSA) is 30.2 Å². The Morgan fingerprint density at radius 1 is 1.14 bits per heavy atom. The summed E-state index contributed by atoms with van der Waals surface area (Å²) in [6, 6.07) is 16.0. The number of aryl methyl sites for hydroxylation is 1. The zero-order valence-electron chi connectivity index (χ0n) is 12.0. The van der Waals surface area contributed by atoms with Crippen molar-refractivity contribution < 1.29 is 14.1 Å². The monoisotopic (exact) mass is 298 g/mol. The average Bonchev–Trinajstić information content (AvgIpc) is 2.77. The SMILES string of the molecule is CC(=O)Oc1ccccc1C[n+]1c(C)sc2ccccc21. The van der Waals surface area contributed by atoms with Gasteiger partial charge in [-0.15, -0.1) is 0 Å². The average molecular weight is 298 g/mol. The Hall–Kier alpha value is -2.20. The summed E-state index contributed by atoms with van der Waals surface area (Å²) >= 11 is 1.77. The van der Waals surface area contributed by atoms with Crippen LogP contribution in [-0.2, 0) is 11.3 Å². The molecule has 0 aliphatic rings. The number of hydrogen-bond acceptors (Lipinski definition) is 3. The number of para-hydroxylation sites is 2. The van der Waals surface area contributed by atoms with Crippen LogP contribution in [0.15, 0.2) is 48.5 Å². The fraction of sp³-hybridized carbons (Fsp3) is 0.176. The highest BCUT2D eigenvalue weighted by molar-refractivity contribution is 7.18. The van der Waals surface area contributed by atoms with E-state index in [0.717, 1.165) is 5.56 Å². The fourth-order valence-corrected chi connectivity index (χ4v) is 3.43. The molecule has 0 atom stereocenters. The van der Waals surface area contributed by atoms with E-state index in [1.165, 1.54) is 22.1 Å². The third-order valence-corrected chi connectivity index (χ3v) is 4.43. The largest absolute Gasteiger partial charge is 0.426 e. The van der Waals surface area contributed by atoms with Crippen molar-refractivity contribution in [1.29, 1.82) is 0 Å². The molecule has 0 aliphatic carbocycles. The Balaban J connectivity index is 2.03. The molecular weight excluding hydrogens is 282 g/mol. The lowest BCUT2D eigenvalue weighted by molar-refractivity contribution is -0.664. The summed E-state index contributed by atoms with van der Waals surface area (Å²) in [4.78, 5) is 11.2. The number of hydrogen-bond donors (Lipinski definition) is 0. The highest BCUT2D eigenvalue weighted by Gasteiger charge is 2.19. The number of fused-ring (bicyclic) bond motifs is 1. The number of benzene rings is 2. The number of nitrogens with zero attached hydrogens (tertiary/aromatic N) is 1. The van der Waals surface area contributed by atoms with Crippen LogP contribution >= 0.6 is 11.3 Å². The molecule has 0 bridgehead atoms. The van der Waals surface area contributed by atoms with Crippen LogP contribution in [0.2, 0.25) is 0 Å². The van der Waals surface area contributed by atoms with Crippen LogP contribution in [0.1, 0.15) is 17.5 Å². The van der Waals surface area contributed by atoms with Gasteiger partial charge in [-0.25, -0.2) is 0 Å². The van der Waals surface area contributed by atoms with Gasteiger partial charge in [0.1, 0.15) is 10.4 Å². The smallest absolute Gasteiger partial charge is 0.308 e. The lowest BCUT2D eigenvalue weighted by Gasteiger charge is -2.06. The highest BCUT2D eigenvalue weighted by Crippen LogP contribution is 2.22. The first-order valence-electron chi connectivity index (χ1n) is 6.79. The van der Waals surface area contributed by atoms with Gasteiger partial charge in [-0.1, -0.05) is 35.6 Å². The van der Waals surface area contributed by atoms with Crippen LogP contribution in [-0.4, -0.2) is 5.97 Å². The Labute approximate surface area is 127 Å². The van der Waals surface area contributed by atoms with E-state index >= 15 is 0 Å². The quantitative estimate of drug-likeness (QED) is 0.421. The second-order valence-electron chi connectivity index (χ2n) is 4.88. The molecule has 21 heavy (non-hydrogen) atoms. The normalized spacial score (nSPS) is 10.8. The van der Waals surface area contributed by atoms with Crippen molar-refractivity contribution in [3.8, 4) is 5.75 Å². The van der Waals surface area contributed by atoms with Gasteiger partial charge in [0.15, 0.2) is 6.54 Å². The lowest BCUT2D eigenvalue weighted by atomic mass is 10.2. The molecule has 0 amide bonds. The van der Waals surface area contributed by atoms with E-state index in [1.54, 1.807) is 11.3 Å². The molecule has 0 fully saturated rings. The molecule has 1 heterocycles. The predicted molar refractivity (Wildman–Crippen MR) is 83.6 cm³/mol. The van der Waals surface area contributed by atoms with Crippen LogP contribution < -0.4 is 9.30 Å². The van der Waals surface area contributed by atoms with E-state index in [4.69, 9.17) is 4.74 Å². The van der Waals surface area contributed by atoms with E-state index < -0.39 is 0 Å². The Morgan fingerprint density at radius 3 is 2.67 bits per heavy atom. The minimum absolute atomic E-state index is 0.292. The summed E-state index contributed by atoms with van der Waals surface area (Å²) in [5, 5.41) is 1.23. The molecule has 0 aliphatic heterocycles. The Kier molecular flexibility index (Phi) is 3.71. The lowest BCUT2D eigenvalue weighted by Crippen LogP contribution is -2.35. The molecule has 0 unspecified atom stereocenters. The van der Waals surface area contributed by atoms with E-state index in [0.29, 0.717) is 12.3 Å². The van der Waals surface area contributed by atoms with Crippen molar-refractivity contribution in [2.75, 3.05) is 0 Å². The molecule has 0 spiro atoms. The van der Waals surface area contributed by atoms with Gasteiger partial charge in [0.05, 0.1) is 5.56 Å². The predicted octanol–water partition coefficient (Wildman–Crippen LogP) is 3.47. The standard InChI is InChI=1S/C17H16NO2S/c1-12-18(15-8-4-6-10-17(15)21-12)11-14-7-3-5-9-16(14)20-13(2)19/h3-10H,11H2,1-2H3/q+1. The van der Waals surface area contributed by atoms with E-state index in [1.807, 2.05) is 30.3 Å². The molecule has 4 heteroatoms. The molecule has 0 N–H and O–H groups in total. The summed E-state index contributed by atoms with van der Waals surface area (Å²) in [5.41, 5.74) is 2.21. The van der Waals surface area contributed by atoms with E-state index in [-0.39, 0.29) is 5.97 Å². The number of carbonyl (C=O) groups excluding carboxylic acids is 1. The minimum Gasteiger partial charge on any atom is -0.426 e. The summed E-state index contributed by atoms with van der Waals surface area (Å²) in [7, 11) is 0. The van der Waals surface area contributed by atoms with Gasteiger partial charge in [-0.2, -0.15) is 4.57 Å². The number of aromatic nitrogens is 1. The summed E-state index contributed by atoms with van der Waals surface area (Å²) < 4.78 is 8.81. The zero-order valence-corrected chi connectivity index (χ0v) is 12.8. The summed E-state index contributed by atoms with van der Waals surface area (Å²) in [6.07, 6.45) is 0. The molecule has 0 saturated carbocycles. The number of carbonyl (C=O) groups is 1. The first-order chi connectivity index (χ1) is 10.1. The maximum atomic E-state index is 11.2. The molecule has 106 valence electrons. The number of ether oxygens (including phenoxy) is 1. The van der Waals surface area contributed by atoms with Gasteiger partial charge >= 0.3 is 5.97 Å². The number of esters is 1. The number of thiazole rings is 1. The molecule has 0 radical (unpaired) electrons. The molecule has 3 rings (SSSR count). The third-order valence-electron chi connectivity index (χ3n) is 3.35. The maximum absolute atomic E-state index is 11.2. The van der Waals surface area contributed by atoms with Crippen molar-refractivity contribution in [3.63, 3.8) is 0 Å². The number of rotatable bonds is 3. The Morgan fingerprint density at radius 2 is 1.86 bits per heavy atom. The van der Waals surface area contributed by atoms with Crippen LogP contribution in [0, 0.1) is 6.92 Å². The molecule has 0 saturated heterocycles. The van der Waals surface area contributed by atoms with Crippen LogP contribution in [0.4, 0.5) is 0 Å². The van der Waals surface area contributed by atoms with Crippen molar-refractivity contribution in [2.24, 2.45) is 0 Å². The Bertz CT molecular complexity index is 807. The van der Waals surface area contributed by atoms with Gasteiger partial charge in [0.2, 0.25) is 10.5 Å². The minimum atomic E-state index is -0.292. The molecule has 1 aromatic heterocycles. The van der Waals surface area contributed by atoms with Crippen LogP contribution in [0.25, 0.3) is 10.2 Å². The maximum Gasteiger partial charge on any atom is 0.308 e. The van der Waals surface area contributed by atoms with Gasteiger partial charge < -0.3 is 4.74 Å². The molecule has 2 aromatic carbocycles. The first kappa shape index (κ1) is 13.8. The third kappa shape index (κ3) is 2.81. The molecule has 3 aromatic rings. The summed E-state index contributed by atoms with van der Waals surface area (Å²) in [5.74, 6) is 0.339. The first-order valence-corrected chi connectivity index (χ1v) is 7.61. The van der Waals surface area contributed by atoms with Crippen molar-refractivity contribution in [1.82, 2.24) is 0 Å². The van der Waals surface area contributed by atoms with Crippen molar-refractivity contribution in [3.05, 3.63) is 59.1 Å². The highest BCUT2D eigenvalue weighted by atomic mass is 32.1. The second kappa shape index (κ2) is 5.66. The molecule has 3 nitrogen and oxygen atoms in total. The van der Waals surface area contributed by atoms with E-state index in [2.05, 4.69) is 29.7 Å². The zero-order chi connectivity index (χ0) is 14.8. The van der Waals surface area contributed by atoms with Gasteiger partial charge in [-0.3, -0.25) is 4.79 Å². The second-order valence-corrected chi connectivity index (χ2v) is 6.11. The fourth-order valence-electron chi connectivity index (χ4n) is 2.41. The molecular formula is C17H16NO2S+.